The summed E-state index contributed by atoms with van der Waals surface area (Å²) in [5, 5.41) is 30.6. The molecule has 2 saturated heterocycles. The average molecular weight is 811 g/mol. The van der Waals surface area contributed by atoms with Crippen LogP contribution in [0.4, 0.5) is 0 Å². The van der Waals surface area contributed by atoms with E-state index in [-0.39, 0.29) is 109 Å². The number of imide groups is 1. The number of amides is 3. The van der Waals surface area contributed by atoms with Crippen molar-refractivity contribution in [1.29, 1.82) is 0 Å². The van der Waals surface area contributed by atoms with Crippen LogP contribution in [0.1, 0.15) is 89.9 Å². The molecule has 0 aromatic rings. The minimum absolute atomic E-state index is 0.0487. The summed E-state index contributed by atoms with van der Waals surface area (Å²) in [5.41, 5.74) is 6.34. The van der Waals surface area contributed by atoms with Gasteiger partial charge >= 0.3 is 17.9 Å². The van der Waals surface area contributed by atoms with E-state index in [4.69, 9.17) is 10.7 Å². The van der Waals surface area contributed by atoms with Crippen LogP contribution in [0.2, 0.25) is 0 Å². The van der Waals surface area contributed by atoms with Crippen molar-refractivity contribution >= 4 is 53.2 Å². The molecule has 0 aromatic heterocycles. The average Bonchev–Trinajstić information content (AvgIpc) is 3.39. The van der Waals surface area contributed by atoms with Crippen LogP contribution in [0, 0.1) is 0 Å². The summed E-state index contributed by atoms with van der Waals surface area (Å²) in [6.45, 7) is 1.59. The fourth-order valence-electron chi connectivity index (χ4n) is 7.42. The first-order chi connectivity index (χ1) is 26.9. The Morgan fingerprint density at radius 2 is 1.11 bits per heavy atom. The van der Waals surface area contributed by atoms with Gasteiger partial charge in [-0.1, -0.05) is 57.8 Å². The third-order valence-electron chi connectivity index (χ3n) is 10.6. The zero-order valence-electron chi connectivity index (χ0n) is 33.1. The fourth-order valence-corrected chi connectivity index (χ4v) is 8.54. The lowest BCUT2D eigenvalue weighted by molar-refractivity contribution is -0.140. The Morgan fingerprint density at radius 1 is 0.679 bits per heavy atom. The molecule has 3 fully saturated rings. The number of aliphatic carboxylic acids is 3. The third kappa shape index (κ3) is 19.7. The van der Waals surface area contributed by atoms with Crippen LogP contribution < -0.4 is 11.1 Å². The zero-order chi connectivity index (χ0) is 40.7. The number of hydrogen-bond donors (Lipinski definition) is 5. The number of nitrogens with zero attached hydrogens (tertiary/aromatic N) is 6. The zero-order valence-corrected chi connectivity index (χ0v) is 33.9. The Labute approximate surface area is 335 Å². The molecule has 1 atom stereocenters. The van der Waals surface area contributed by atoms with E-state index >= 15 is 0 Å². The molecule has 1 aliphatic carbocycles. The first kappa shape index (κ1) is 47.1. The van der Waals surface area contributed by atoms with Crippen molar-refractivity contribution in [1.82, 2.24) is 29.8 Å². The standard InChI is InChI=1S/C38H66N8O9S/c39-32(41-30-11-8-6-4-2-1-3-5-7-9-12-30)13-10-24-56-31-25-34(48)46(38(31)55)15-14-40-33(47)26-42-16-18-43(27-35(49)50)20-22-45(29-37(53)54)23-21-44(19-17-42)28-36(51)52/h30-31H,1-29H2,(H2,39,41)(H,40,47)(H,49,50)(H,51,52)(H,53,54). The van der Waals surface area contributed by atoms with Crippen LogP contribution in [-0.4, -0.2) is 190 Å². The lowest BCUT2D eigenvalue weighted by Gasteiger charge is -2.32. The SMILES string of the molecule is NC(CCCSC1CC(=O)N(CCNC(=O)CN2CCN(CC(=O)O)CCN(CC(=O)O)CCN(CC(=O)O)CC2)C1=O)=NC1CCCCCCCCCCC1. The number of aliphatic imine (C=N–C) groups is 1. The molecule has 0 aromatic carbocycles. The molecule has 0 bridgehead atoms. The van der Waals surface area contributed by atoms with Crippen molar-refractivity contribution < 1.29 is 44.1 Å². The van der Waals surface area contributed by atoms with E-state index in [0.29, 0.717) is 31.1 Å². The molecule has 18 heteroatoms. The highest BCUT2D eigenvalue weighted by Crippen LogP contribution is 2.26. The van der Waals surface area contributed by atoms with Crippen LogP contribution in [0.25, 0.3) is 0 Å². The van der Waals surface area contributed by atoms with E-state index in [1.54, 1.807) is 14.7 Å². The Kier molecular flexibility index (Phi) is 22.3. The van der Waals surface area contributed by atoms with E-state index in [9.17, 15) is 44.1 Å². The molecule has 6 N–H and O–H groups in total. The first-order valence-electron chi connectivity index (χ1n) is 20.5. The van der Waals surface area contributed by atoms with Gasteiger partial charge in [0.05, 0.1) is 43.3 Å². The summed E-state index contributed by atoms with van der Waals surface area (Å²) in [6.07, 6.45) is 15.2. The highest BCUT2D eigenvalue weighted by Gasteiger charge is 2.38. The smallest absolute Gasteiger partial charge is 0.317 e. The van der Waals surface area contributed by atoms with Crippen LogP contribution in [0.3, 0.4) is 0 Å². The summed E-state index contributed by atoms with van der Waals surface area (Å²) in [4.78, 5) is 86.4. The number of nitrogens with two attached hydrogens (primary N) is 1. The molecule has 3 amide bonds. The first-order valence-corrected chi connectivity index (χ1v) is 21.5. The normalized spacial score (nSPS) is 22.1. The highest BCUT2D eigenvalue weighted by atomic mass is 32.2. The Balaban J connectivity index is 1.44. The second-order valence-corrected chi connectivity index (χ2v) is 16.5. The number of amidine groups is 1. The number of rotatable bonds is 17. The summed E-state index contributed by atoms with van der Waals surface area (Å²) in [6, 6.07) is 0.283. The van der Waals surface area contributed by atoms with Gasteiger partial charge in [-0.2, -0.15) is 0 Å². The number of likely N-dealkylation sites (tertiary alicyclic amines) is 1. The van der Waals surface area contributed by atoms with Crippen molar-refractivity contribution in [3.05, 3.63) is 0 Å². The number of carbonyl (C=O) groups excluding carboxylic acids is 3. The van der Waals surface area contributed by atoms with Gasteiger partial charge in [-0.05, 0) is 25.0 Å². The van der Waals surface area contributed by atoms with Gasteiger partial charge in [-0.3, -0.25) is 58.3 Å². The molecule has 2 aliphatic heterocycles. The van der Waals surface area contributed by atoms with Gasteiger partial charge in [0, 0.05) is 78.3 Å². The van der Waals surface area contributed by atoms with Gasteiger partial charge in [-0.15, -0.1) is 11.8 Å². The predicted octanol–water partition coefficient (Wildman–Crippen LogP) is 1.25. The molecular weight excluding hydrogens is 745 g/mol. The molecule has 2 heterocycles. The van der Waals surface area contributed by atoms with E-state index < -0.39 is 23.2 Å². The van der Waals surface area contributed by atoms with E-state index in [1.165, 1.54) is 74.4 Å². The summed E-state index contributed by atoms with van der Waals surface area (Å²) in [7, 11) is 0. The minimum atomic E-state index is -1.03. The van der Waals surface area contributed by atoms with Crippen molar-refractivity contribution in [2.45, 2.75) is 101 Å². The summed E-state index contributed by atoms with van der Waals surface area (Å²) < 4.78 is 0. The number of carboxylic acids is 3. The summed E-state index contributed by atoms with van der Waals surface area (Å²) in [5.74, 6) is -2.62. The van der Waals surface area contributed by atoms with Crippen LogP contribution in [0.15, 0.2) is 4.99 Å². The molecule has 56 heavy (non-hydrogen) atoms. The van der Waals surface area contributed by atoms with Crippen molar-refractivity contribution in [2.24, 2.45) is 10.7 Å². The molecule has 3 aliphatic rings. The monoisotopic (exact) mass is 810 g/mol. The molecular formula is C38H66N8O9S. The maximum Gasteiger partial charge on any atom is 0.317 e. The fraction of sp³-hybridized carbons (Fsp3) is 0.816. The van der Waals surface area contributed by atoms with Gasteiger partial charge in [-0.25, -0.2) is 0 Å². The second kappa shape index (κ2) is 26.6. The van der Waals surface area contributed by atoms with Gasteiger partial charge < -0.3 is 26.4 Å². The Hall–Kier alpha value is -3.32. The van der Waals surface area contributed by atoms with E-state index in [0.717, 1.165) is 19.3 Å². The van der Waals surface area contributed by atoms with Crippen LogP contribution >= 0.6 is 11.8 Å². The van der Waals surface area contributed by atoms with Gasteiger partial charge in [0.1, 0.15) is 0 Å². The van der Waals surface area contributed by atoms with Crippen molar-refractivity contribution in [3.63, 3.8) is 0 Å². The van der Waals surface area contributed by atoms with Gasteiger partial charge in [0.2, 0.25) is 17.7 Å². The minimum Gasteiger partial charge on any atom is -0.480 e. The third-order valence-corrected chi connectivity index (χ3v) is 11.8. The van der Waals surface area contributed by atoms with Crippen molar-refractivity contribution in [3.8, 4) is 0 Å². The molecule has 17 nitrogen and oxygen atoms in total. The van der Waals surface area contributed by atoms with Crippen LogP contribution in [-0.2, 0) is 28.8 Å². The largest absolute Gasteiger partial charge is 0.480 e. The number of carbonyl (C=O) groups is 6. The molecule has 318 valence electrons. The number of thioether (sulfide) groups is 1. The molecule has 0 radical (unpaired) electrons. The molecule has 3 rings (SSSR count). The molecule has 1 unspecified atom stereocenters. The number of carboxylic acid groups (broad SMARTS) is 3. The Bertz CT molecular complexity index is 1260. The lowest BCUT2D eigenvalue weighted by atomic mass is 9.98. The molecule has 1 saturated carbocycles. The number of hydrogen-bond acceptors (Lipinski definition) is 12. The topological polar surface area (TPSA) is 230 Å². The number of nitrogens with one attached hydrogen (secondary N) is 1. The highest BCUT2D eigenvalue weighted by molar-refractivity contribution is 8.00. The summed E-state index contributed by atoms with van der Waals surface area (Å²) >= 11 is 1.46. The second-order valence-electron chi connectivity index (χ2n) is 15.2. The van der Waals surface area contributed by atoms with E-state index in [1.807, 2.05) is 4.90 Å². The quantitative estimate of drug-likeness (QED) is 0.0603. The van der Waals surface area contributed by atoms with Crippen LogP contribution in [0.5, 0.6) is 0 Å². The van der Waals surface area contributed by atoms with Gasteiger partial charge in [0.25, 0.3) is 0 Å². The molecule has 0 spiro atoms. The predicted molar refractivity (Wildman–Crippen MR) is 215 cm³/mol. The Morgan fingerprint density at radius 3 is 1.55 bits per heavy atom. The van der Waals surface area contributed by atoms with E-state index in [2.05, 4.69) is 5.32 Å². The maximum absolute atomic E-state index is 13.1. The maximum atomic E-state index is 13.1. The lowest BCUT2D eigenvalue weighted by Crippen LogP contribution is -2.50. The van der Waals surface area contributed by atoms with Crippen molar-refractivity contribution in [2.75, 3.05) is 97.4 Å². The van der Waals surface area contributed by atoms with Gasteiger partial charge in [0.15, 0.2) is 0 Å².